The molecular formula is C56H40N2O. The molecule has 11 rings (SSSR count). The van der Waals surface area contributed by atoms with E-state index in [9.17, 15) is 0 Å². The lowest BCUT2D eigenvalue weighted by Crippen LogP contribution is -2.11. The van der Waals surface area contributed by atoms with Crippen molar-refractivity contribution in [1.29, 1.82) is 0 Å². The standard InChI is InChI=1S/C56H40N2O/c1-37-17-15-23-42(33-37)57(44-34-38(2)54(40-20-7-4-8-21-40)49(36-44)39-18-5-3-6-19-39)52-32-31-45(56-55(52)48-27-11-14-30-53(48)59-56)41-22-16-24-43(35-41)58-50-28-12-9-25-46(50)47-26-10-13-29-51(47)58/h3-36H,1-2H3. The van der Waals surface area contributed by atoms with Gasteiger partial charge < -0.3 is 13.9 Å². The Morgan fingerprint density at radius 3 is 1.80 bits per heavy atom. The van der Waals surface area contributed by atoms with E-state index in [1.165, 1.54) is 55.2 Å². The van der Waals surface area contributed by atoms with Gasteiger partial charge in [-0.3, -0.25) is 0 Å². The van der Waals surface area contributed by atoms with Crippen molar-refractivity contribution in [2.75, 3.05) is 4.90 Å². The van der Waals surface area contributed by atoms with Gasteiger partial charge in [-0.25, -0.2) is 0 Å². The van der Waals surface area contributed by atoms with Gasteiger partial charge in [0.05, 0.1) is 22.1 Å². The zero-order valence-electron chi connectivity index (χ0n) is 32.9. The topological polar surface area (TPSA) is 21.3 Å². The number of nitrogens with zero attached hydrogens (tertiary/aromatic N) is 2. The van der Waals surface area contributed by atoms with Crippen molar-refractivity contribution >= 4 is 60.8 Å². The molecular weight excluding hydrogens is 717 g/mol. The van der Waals surface area contributed by atoms with Crippen LogP contribution in [0, 0.1) is 13.8 Å². The smallest absolute Gasteiger partial charge is 0.145 e. The molecule has 11 aromatic rings. The highest BCUT2D eigenvalue weighted by Gasteiger charge is 2.24. The van der Waals surface area contributed by atoms with Crippen LogP contribution in [0.4, 0.5) is 17.1 Å². The lowest BCUT2D eigenvalue weighted by Gasteiger charge is -2.29. The number of aryl methyl sites for hydroxylation is 2. The first kappa shape index (κ1) is 34.6. The zero-order chi connectivity index (χ0) is 39.5. The Bertz CT molecular complexity index is 3300. The van der Waals surface area contributed by atoms with Crippen LogP contribution in [0.3, 0.4) is 0 Å². The first-order valence-electron chi connectivity index (χ1n) is 20.3. The molecule has 0 aliphatic rings. The number of para-hydroxylation sites is 3. The molecule has 3 nitrogen and oxygen atoms in total. The molecule has 2 aromatic heterocycles. The van der Waals surface area contributed by atoms with E-state index in [0.29, 0.717) is 0 Å². The van der Waals surface area contributed by atoms with Crippen LogP contribution in [0.1, 0.15) is 11.1 Å². The van der Waals surface area contributed by atoms with Gasteiger partial charge in [-0.05, 0) is 120 Å². The predicted molar refractivity (Wildman–Crippen MR) is 249 cm³/mol. The van der Waals surface area contributed by atoms with Crippen molar-refractivity contribution in [3.05, 3.63) is 217 Å². The molecule has 0 saturated carbocycles. The predicted octanol–water partition coefficient (Wildman–Crippen LogP) is 15.8. The Hall–Kier alpha value is -7.62. The summed E-state index contributed by atoms with van der Waals surface area (Å²) in [5, 5.41) is 4.65. The second-order valence-electron chi connectivity index (χ2n) is 15.4. The van der Waals surface area contributed by atoms with E-state index in [1.54, 1.807) is 0 Å². The van der Waals surface area contributed by atoms with Crippen LogP contribution >= 0.6 is 0 Å². The maximum atomic E-state index is 6.96. The average molecular weight is 757 g/mol. The molecule has 0 aliphatic carbocycles. The SMILES string of the molecule is Cc1cccc(N(c2cc(C)c(-c3ccccc3)c(-c3ccccc3)c2)c2ccc(-c3cccc(-n4c5ccccc5c5ccccc54)c3)c3oc4ccccc4c23)c1. The molecule has 2 heterocycles. The van der Waals surface area contributed by atoms with Crippen molar-refractivity contribution in [3.8, 4) is 39.1 Å². The number of rotatable bonds is 7. The van der Waals surface area contributed by atoms with Crippen molar-refractivity contribution in [1.82, 2.24) is 4.57 Å². The van der Waals surface area contributed by atoms with Gasteiger partial charge in [0.1, 0.15) is 11.2 Å². The highest BCUT2D eigenvalue weighted by atomic mass is 16.3. The van der Waals surface area contributed by atoms with Crippen LogP contribution in [0.15, 0.2) is 211 Å². The number of benzene rings is 9. The number of furan rings is 1. The third kappa shape index (κ3) is 5.82. The molecule has 0 unspecified atom stereocenters. The molecule has 0 bridgehead atoms. The summed E-state index contributed by atoms with van der Waals surface area (Å²) in [5.41, 5.74) is 17.8. The highest BCUT2D eigenvalue weighted by Crippen LogP contribution is 2.48. The van der Waals surface area contributed by atoms with Crippen molar-refractivity contribution in [2.45, 2.75) is 13.8 Å². The summed E-state index contributed by atoms with van der Waals surface area (Å²) in [6.45, 7) is 4.40. The Balaban J connectivity index is 1.16. The molecule has 0 N–H and O–H groups in total. The summed E-state index contributed by atoms with van der Waals surface area (Å²) in [6.07, 6.45) is 0. The fourth-order valence-corrected chi connectivity index (χ4v) is 9.16. The van der Waals surface area contributed by atoms with E-state index in [0.717, 1.165) is 55.8 Å². The average Bonchev–Trinajstić information content (AvgIpc) is 3.84. The second kappa shape index (κ2) is 14.1. The fraction of sp³-hybridized carbons (Fsp3) is 0.0357. The number of fused-ring (bicyclic) bond motifs is 6. The molecule has 0 radical (unpaired) electrons. The molecule has 3 heteroatoms. The number of aromatic nitrogens is 1. The van der Waals surface area contributed by atoms with Gasteiger partial charge in [0.15, 0.2) is 0 Å². The summed E-state index contributed by atoms with van der Waals surface area (Å²) >= 11 is 0. The van der Waals surface area contributed by atoms with Crippen LogP contribution < -0.4 is 4.90 Å². The van der Waals surface area contributed by atoms with Gasteiger partial charge in [-0.2, -0.15) is 0 Å². The lowest BCUT2D eigenvalue weighted by atomic mass is 9.90. The first-order chi connectivity index (χ1) is 29.1. The highest BCUT2D eigenvalue weighted by molar-refractivity contribution is 6.17. The Kier molecular flexibility index (Phi) is 8.27. The van der Waals surface area contributed by atoms with E-state index >= 15 is 0 Å². The van der Waals surface area contributed by atoms with E-state index in [2.05, 4.69) is 230 Å². The summed E-state index contributed by atoms with van der Waals surface area (Å²) in [6, 6.07) is 74.2. The van der Waals surface area contributed by atoms with Gasteiger partial charge in [0.2, 0.25) is 0 Å². The molecule has 0 spiro atoms. The normalized spacial score (nSPS) is 11.6. The third-order valence-corrected chi connectivity index (χ3v) is 11.7. The Labute approximate surface area is 343 Å². The molecule has 59 heavy (non-hydrogen) atoms. The molecule has 0 fully saturated rings. The monoisotopic (exact) mass is 756 g/mol. The third-order valence-electron chi connectivity index (χ3n) is 11.7. The Morgan fingerprint density at radius 2 is 1.07 bits per heavy atom. The summed E-state index contributed by atoms with van der Waals surface area (Å²) in [4.78, 5) is 2.42. The van der Waals surface area contributed by atoms with Gasteiger partial charge in [0, 0.05) is 38.8 Å². The van der Waals surface area contributed by atoms with Gasteiger partial charge >= 0.3 is 0 Å². The van der Waals surface area contributed by atoms with Crippen molar-refractivity contribution in [3.63, 3.8) is 0 Å². The minimum Gasteiger partial charge on any atom is -0.455 e. The first-order valence-corrected chi connectivity index (χ1v) is 20.3. The van der Waals surface area contributed by atoms with E-state index < -0.39 is 0 Å². The summed E-state index contributed by atoms with van der Waals surface area (Å²) in [5.74, 6) is 0. The Morgan fingerprint density at radius 1 is 0.441 bits per heavy atom. The summed E-state index contributed by atoms with van der Waals surface area (Å²) < 4.78 is 9.33. The summed E-state index contributed by atoms with van der Waals surface area (Å²) in [7, 11) is 0. The molecule has 0 amide bonds. The van der Waals surface area contributed by atoms with Gasteiger partial charge in [0.25, 0.3) is 0 Å². The van der Waals surface area contributed by atoms with E-state index in [-0.39, 0.29) is 0 Å². The zero-order valence-corrected chi connectivity index (χ0v) is 32.9. The lowest BCUT2D eigenvalue weighted by molar-refractivity contribution is 0.670. The molecule has 9 aromatic carbocycles. The molecule has 0 saturated heterocycles. The van der Waals surface area contributed by atoms with Gasteiger partial charge in [-0.1, -0.05) is 140 Å². The number of hydrogen-bond donors (Lipinski definition) is 0. The largest absolute Gasteiger partial charge is 0.455 e. The van der Waals surface area contributed by atoms with Gasteiger partial charge in [-0.15, -0.1) is 0 Å². The maximum Gasteiger partial charge on any atom is 0.145 e. The molecule has 0 aliphatic heterocycles. The van der Waals surface area contributed by atoms with Crippen molar-refractivity contribution < 1.29 is 4.42 Å². The molecule has 280 valence electrons. The van der Waals surface area contributed by atoms with E-state index in [4.69, 9.17) is 4.42 Å². The van der Waals surface area contributed by atoms with Crippen LogP contribution in [-0.4, -0.2) is 4.57 Å². The van der Waals surface area contributed by atoms with Crippen molar-refractivity contribution in [2.24, 2.45) is 0 Å². The second-order valence-corrected chi connectivity index (χ2v) is 15.4. The number of hydrogen-bond acceptors (Lipinski definition) is 2. The van der Waals surface area contributed by atoms with Crippen LogP contribution in [0.2, 0.25) is 0 Å². The van der Waals surface area contributed by atoms with Crippen LogP contribution in [0.5, 0.6) is 0 Å². The minimum absolute atomic E-state index is 0.861. The number of anilines is 3. The quantitative estimate of drug-likeness (QED) is 0.161. The maximum absolute atomic E-state index is 6.96. The fourth-order valence-electron chi connectivity index (χ4n) is 9.16. The van der Waals surface area contributed by atoms with Crippen LogP contribution in [0.25, 0.3) is 82.8 Å². The van der Waals surface area contributed by atoms with Crippen LogP contribution in [-0.2, 0) is 0 Å². The van der Waals surface area contributed by atoms with E-state index in [1.807, 2.05) is 0 Å². The minimum atomic E-state index is 0.861. The molecule has 0 atom stereocenters.